The van der Waals surface area contributed by atoms with Gasteiger partial charge in [0.15, 0.2) is 11.2 Å². The summed E-state index contributed by atoms with van der Waals surface area (Å²) in [7, 11) is 0. The fourth-order valence-electron chi connectivity index (χ4n) is 2.78. The zero-order chi connectivity index (χ0) is 15.8. The molecule has 3 heteroatoms. The highest BCUT2D eigenvalue weighted by Gasteiger charge is 2.16. The van der Waals surface area contributed by atoms with Gasteiger partial charge < -0.3 is 0 Å². The second-order valence-electron chi connectivity index (χ2n) is 5.30. The molecule has 0 unspecified atom stereocenters. The lowest BCUT2D eigenvalue weighted by molar-refractivity contribution is 0.104. The van der Waals surface area contributed by atoms with Crippen molar-refractivity contribution in [3.8, 4) is 0 Å². The number of fused-ring (bicyclic) bond motifs is 2. The van der Waals surface area contributed by atoms with E-state index in [4.69, 9.17) is 0 Å². The Balaban J connectivity index is 2.07. The Labute approximate surface area is 136 Å². The van der Waals surface area contributed by atoms with Crippen LogP contribution in [0.3, 0.4) is 0 Å². The molecular formula is C20H12O2S. The molecule has 0 bridgehead atoms. The summed E-state index contributed by atoms with van der Waals surface area (Å²) in [4.78, 5) is 25.7. The van der Waals surface area contributed by atoms with Crippen molar-refractivity contribution in [2.24, 2.45) is 0 Å². The van der Waals surface area contributed by atoms with Crippen LogP contribution in [0.5, 0.6) is 0 Å². The number of ketones is 1. The molecule has 2 nitrogen and oxygen atoms in total. The highest BCUT2D eigenvalue weighted by molar-refractivity contribution is 7.24. The van der Waals surface area contributed by atoms with Crippen LogP contribution in [-0.2, 0) is 0 Å². The van der Waals surface area contributed by atoms with Crippen molar-refractivity contribution in [1.29, 1.82) is 0 Å². The van der Waals surface area contributed by atoms with E-state index in [0.717, 1.165) is 9.40 Å². The summed E-state index contributed by atoms with van der Waals surface area (Å²) in [5.41, 5.74) is 0.993. The summed E-state index contributed by atoms with van der Waals surface area (Å²) < 4.78 is 1.78. The number of hydrogen-bond acceptors (Lipinski definition) is 3. The van der Waals surface area contributed by atoms with Crippen LogP contribution >= 0.6 is 11.3 Å². The molecule has 3 aromatic carbocycles. The van der Waals surface area contributed by atoms with Crippen LogP contribution in [-0.4, -0.2) is 5.78 Å². The first kappa shape index (κ1) is 13.9. The van der Waals surface area contributed by atoms with E-state index in [9.17, 15) is 9.59 Å². The zero-order valence-corrected chi connectivity index (χ0v) is 13.0. The lowest BCUT2D eigenvalue weighted by atomic mass is 9.99. The largest absolute Gasteiger partial charge is 0.289 e. The van der Waals surface area contributed by atoms with Crippen LogP contribution in [0, 0.1) is 0 Å². The molecule has 110 valence electrons. The maximum Gasteiger partial charge on any atom is 0.196 e. The molecule has 0 fully saturated rings. The van der Waals surface area contributed by atoms with E-state index in [1.54, 1.807) is 18.2 Å². The molecular weight excluding hydrogens is 304 g/mol. The molecule has 0 aliphatic heterocycles. The minimum absolute atomic E-state index is 0.0748. The van der Waals surface area contributed by atoms with E-state index in [0.29, 0.717) is 21.9 Å². The molecule has 0 aliphatic carbocycles. The van der Waals surface area contributed by atoms with Gasteiger partial charge in [0.25, 0.3) is 0 Å². The van der Waals surface area contributed by atoms with Crippen molar-refractivity contribution in [1.82, 2.24) is 0 Å². The van der Waals surface area contributed by atoms with Gasteiger partial charge >= 0.3 is 0 Å². The summed E-state index contributed by atoms with van der Waals surface area (Å²) in [5.74, 6) is -0.115. The van der Waals surface area contributed by atoms with E-state index in [2.05, 4.69) is 0 Å². The average Bonchev–Trinajstić information content (AvgIpc) is 2.61. The first-order chi connectivity index (χ1) is 11.3. The maximum atomic E-state index is 12.9. The number of benzene rings is 3. The Hall–Kier alpha value is -2.78. The number of carbonyl (C=O) groups excluding carboxylic acids is 1. The minimum atomic E-state index is -0.115. The molecule has 1 aromatic heterocycles. The smallest absolute Gasteiger partial charge is 0.196 e. The molecule has 0 spiro atoms. The van der Waals surface area contributed by atoms with Gasteiger partial charge in [0.05, 0.1) is 5.39 Å². The van der Waals surface area contributed by atoms with Gasteiger partial charge in [-0.25, -0.2) is 0 Å². The van der Waals surface area contributed by atoms with Gasteiger partial charge in [-0.3, -0.25) is 9.59 Å². The topological polar surface area (TPSA) is 34.1 Å². The standard InChI is InChI=1S/C20H12O2S/c21-19(13-7-2-1-3-8-13)15-10-6-12-17-18(15)20(22)14-9-4-5-11-16(14)23-17/h1-12H. The van der Waals surface area contributed by atoms with E-state index in [1.165, 1.54) is 11.3 Å². The van der Waals surface area contributed by atoms with Crippen LogP contribution in [0.25, 0.3) is 20.2 Å². The molecule has 4 rings (SSSR count). The van der Waals surface area contributed by atoms with Gasteiger partial charge in [0.1, 0.15) is 0 Å². The maximum absolute atomic E-state index is 12.9. The van der Waals surface area contributed by atoms with E-state index < -0.39 is 0 Å². The Morgan fingerprint density at radius 2 is 1.43 bits per heavy atom. The second kappa shape index (κ2) is 5.45. The normalized spacial score (nSPS) is 11.0. The van der Waals surface area contributed by atoms with E-state index in [-0.39, 0.29) is 11.2 Å². The molecule has 4 aromatic rings. The van der Waals surface area contributed by atoms with Crippen LogP contribution in [0.15, 0.2) is 77.6 Å². The van der Waals surface area contributed by atoms with E-state index >= 15 is 0 Å². The number of carbonyl (C=O) groups is 1. The first-order valence-electron chi connectivity index (χ1n) is 7.30. The molecule has 1 heterocycles. The van der Waals surface area contributed by atoms with Crippen LogP contribution in [0.1, 0.15) is 15.9 Å². The molecule has 0 N–H and O–H groups in total. The highest BCUT2D eigenvalue weighted by Crippen LogP contribution is 2.27. The number of hydrogen-bond donors (Lipinski definition) is 0. The van der Waals surface area contributed by atoms with Crippen molar-refractivity contribution in [3.05, 3.63) is 94.1 Å². The van der Waals surface area contributed by atoms with Crippen LogP contribution < -0.4 is 5.43 Å². The molecule has 0 amide bonds. The lowest BCUT2D eigenvalue weighted by Gasteiger charge is -2.06. The fraction of sp³-hybridized carbons (Fsp3) is 0. The van der Waals surface area contributed by atoms with Crippen molar-refractivity contribution in [2.45, 2.75) is 0 Å². The van der Waals surface area contributed by atoms with Gasteiger partial charge in [-0.1, -0.05) is 54.6 Å². The minimum Gasteiger partial charge on any atom is -0.289 e. The molecule has 0 atom stereocenters. The summed E-state index contributed by atoms with van der Waals surface area (Å²) in [5, 5.41) is 1.18. The summed E-state index contributed by atoms with van der Waals surface area (Å²) >= 11 is 1.54. The molecule has 0 radical (unpaired) electrons. The molecule has 23 heavy (non-hydrogen) atoms. The van der Waals surface area contributed by atoms with E-state index in [1.807, 2.05) is 54.6 Å². The average molecular weight is 316 g/mol. The van der Waals surface area contributed by atoms with Gasteiger partial charge in [-0.15, -0.1) is 11.3 Å². The Morgan fingerprint density at radius 1 is 0.739 bits per heavy atom. The Kier molecular flexibility index (Phi) is 3.28. The zero-order valence-electron chi connectivity index (χ0n) is 12.2. The molecule has 0 saturated heterocycles. The summed E-state index contributed by atoms with van der Waals surface area (Å²) in [6, 6.07) is 22.1. The summed E-state index contributed by atoms with van der Waals surface area (Å²) in [6.45, 7) is 0. The second-order valence-corrected chi connectivity index (χ2v) is 6.38. The lowest BCUT2D eigenvalue weighted by Crippen LogP contribution is -2.09. The third-order valence-electron chi connectivity index (χ3n) is 3.89. The van der Waals surface area contributed by atoms with Gasteiger partial charge in [-0.2, -0.15) is 0 Å². The van der Waals surface area contributed by atoms with Crippen LogP contribution in [0.2, 0.25) is 0 Å². The molecule has 0 aliphatic rings. The van der Waals surface area contributed by atoms with Crippen molar-refractivity contribution < 1.29 is 4.79 Å². The van der Waals surface area contributed by atoms with Crippen molar-refractivity contribution in [3.63, 3.8) is 0 Å². The predicted octanol–water partition coefficient (Wildman–Crippen LogP) is 4.65. The Morgan fingerprint density at radius 3 is 2.26 bits per heavy atom. The quantitative estimate of drug-likeness (QED) is 0.398. The monoisotopic (exact) mass is 316 g/mol. The third-order valence-corrected chi connectivity index (χ3v) is 5.02. The van der Waals surface area contributed by atoms with Gasteiger partial charge in [0, 0.05) is 25.9 Å². The van der Waals surface area contributed by atoms with Crippen molar-refractivity contribution in [2.75, 3.05) is 0 Å². The van der Waals surface area contributed by atoms with Crippen LogP contribution in [0.4, 0.5) is 0 Å². The Bertz CT molecular complexity index is 1090. The fourth-order valence-corrected chi connectivity index (χ4v) is 3.89. The number of rotatable bonds is 2. The third kappa shape index (κ3) is 2.26. The first-order valence-corrected chi connectivity index (χ1v) is 8.12. The predicted molar refractivity (Wildman–Crippen MR) is 95.5 cm³/mol. The molecule has 0 saturated carbocycles. The highest BCUT2D eigenvalue weighted by atomic mass is 32.1. The summed E-state index contributed by atoms with van der Waals surface area (Å²) in [6.07, 6.45) is 0. The SMILES string of the molecule is O=C(c1ccccc1)c1cccc2sc3ccccc3c(=O)c12. The van der Waals surface area contributed by atoms with Gasteiger partial charge in [-0.05, 0) is 18.2 Å². The van der Waals surface area contributed by atoms with Crippen molar-refractivity contribution >= 4 is 37.3 Å². The van der Waals surface area contributed by atoms with Gasteiger partial charge in [0.2, 0.25) is 0 Å².